The van der Waals surface area contributed by atoms with Gasteiger partial charge < -0.3 is 20.2 Å². The summed E-state index contributed by atoms with van der Waals surface area (Å²) in [7, 11) is 0. The molecule has 2 aliphatic rings. The molecule has 4 aromatic rings. The molecule has 6 rings (SSSR count). The zero-order valence-electron chi connectivity index (χ0n) is 24.5. The van der Waals surface area contributed by atoms with E-state index in [-0.39, 0.29) is 31.5 Å². The predicted molar refractivity (Wildman–Crippen MR) is 157 cm³/mol. The first kappa shape index (κ1) is 29.4. The van der Waals surface area contributed by atoms with Crippen LogP contribution in [0.3, 0.4) is 0 Å². The van der Waals surface area contributed by atoms with Crippen LogP contribution in [0.5, 0.6) is 0 Å². The standard InChI is InChI=1S/C30H34FN9O4/c1-17(41)28-24-9-19(20-11-32-18(2)33-12-20)3-4-25(24)40(37-28)16-27(42)39-15-22(31)10-26(39)29(43)36-23-5-7-38(8-6-23)30(44)21-13-34-35-14-21/h3-4,9,11-14,17,22-23,26,41H,5-8,10,15-16H2,1-2H3,(H,34,35)(H,36,43)/t17?,22-,26+/m1/s1. The molecule has 44 heavy (non-hydrogen) atoms. The highest BCUT2D eigenvalue weighted by molar-refractivity contribution is 5.94. The monoisotopic (exact) mass is 603 g/mol. The lowest BCUT2D eigenvalue weighted by molar-refractivity contribution is -0.139. The number of fused-ring (bicyclic) bond motifs is 1. The van der Waals surface area contributed by atoms with Gasteiger partial charge in [0, 0.05) is 55.1 Å². The van der Waals surface area contributed by atoms with E-state index in [1.54, 1.807) is 37.3 Å². The lowest BCUT2D eigenvalue weighted by Gasteiger charge is -2.33. The number of benzene rings is 1. The molecule has 1 aromatic carbocycles. The molecule has 2 fully saturated rings. The summed E-state index contributed by atoms with van der Waals surface area (Å²) in [4.78, 5) is 50.9. The van der Waals surface area contributed by atoms with Gasteiger partial charge in [0.25, 0.3) is 5.91 Å². The number of aliphatic hydroxyl groups is 1. The highest BCUT2D eigenvalue weighted by atomic mass is 19.1. The summed E-state index contributed by atoms with van der Waals surface area (Å²) in [5.74, 6) is -0.318. The van der Waals surface area contributed by atoms with Gasteiger partial charge in [0.05, 0.1) is 35.6 Å². The maximum absolute atomic E-state index is 14.6. The van der Waals surface area contributed by atoms with E-state index < -0.39 is 30.1 Å². The average Bonchev–Trinajstić information content (AvgIpc) is 3.77. The number of H-pyrrole nitrogens is 1. The molecule has 3 amide bonds. The fourth-order valence-electron chi connectivity index (χ4n) is 5.96. The predicted octanol–water partition coefficient (Wildman–Crippen LogP) is 1.94. The SMILES string of the molecule is Cc1ncc(-c2ccc3c(c2)c(C(C)O)nn3CC(=O)N2C[C@H](F)C[C@H]2C(=O)NC2CCN(C(=O)c3cn[nH]c3)CC2)cn1. The minimum atomic E-state index is -1.33. The third kappa shape index (κ3) is 5.89. The summed E-state index contributed by atoms with van der Waals surface area (Å²) >= 11 is 0. The van der Waals surface area contributed by atoms with Crippen LogP contribution in [-0.2, 0) is 16.1 Å². The van der Waals surface area contributed by atoms with Crippen molar-refractivity contribution in [3.8, 4) is 11.1 Å². The van der Waals surface area contributed by atoms with Crippen molar-refractivity contribution in [1.29, 1.82) is 0 Å². The topological polar surface area (TPSA) is 162 Å². The van der Waals surface area contributed by atoms with E-state index in [0.717, 1.165) is 11.1 Å². The Hall–Kier alpha value is -4.72. The van der Waals surface area contributed by atoms with E-state index in [2.05, 4.69) is 30.6 Å². The van der Waals surface area contributed by atoms with E-state index in [0.29, 0.717) is 53.9 Å². The van der Waals surface area contributed by atoms with E-state index >= 15 is 0 Å². The highest BCUT2D eigenvalue weighted by Gasteiger charge is 2.41. The molecule has 1 unspecified atom stereocenters. The number of aryl methyl sites for hydroxylation is 1. The van der Waals surface area contributed by atoms with Crippen LogP contribution >= 0.6 is 0 Å². The van der Waals surface area contributed by atoms with Gasteiger partial charge in [-0.15, -0.1) is 0 Å². The number of nitrogens with zero attached hydrogens (tertiary/aromatic N) is 7. The van der Waals surface area contributed by atoms with E-state index in [9.17, 15) is 23.9 Å². The number of rotatable bonds is 7. The van der Waals surface area contributed by atoms with E-state index in [4.69, 9.17) is 0 Å². The number of alkyl halides is 1. The van der Waals surface area contributed by atoms with Gasteiger partial charge in [0.2, 0.25) is 11.8 Å². The molecule has 3 N–H and O–H groups in total. The second kappa shape index (κ2) is 12.1. The summed E-state index contributed by atoms with van der Waals surface area (Å²) in [5.41, 5.74) is 3.14. The Labute approximate surface area is 252 Å². The van der Waals surface area contributed by atoms with Crippen molar-refractivity contribution in [3.63, 3.8) is 0 Å². The van der Waals surface area contributed by atoms with Gasteiger partial charge in [-0.3, -0.25) is 24.2 Å². The van der Waals surface area contributed by atoms with Gasteiger partial charge in [0.15, 0.2) is 0 Å². The van der Waals surface area contributed by atoms with Crippen LogP contribution in [-0.4, -0.2) is 100 Å². The minimum Gasteiger partial charge on any atom is -0.387 e. The maximum atomic E-state index is 14.6. The van der Waals surface area contributed by atoms with Crippen LogP contribution in [0.2, 0.25) is 0 Å². The number of hydrogen-bond donors (Lipinski definition) is 3. The quantitative estimate of drug-likeness (QED) is 0.289. The molecule has 2 saturated heterocycles. The van der Waals surface area contributed by atoms with Crippen LogP contribution < -0.4 is 5.32 Å². The van der Waals surface area contributed by atoms with E-state index in [1.165, 1.54) is 15.8 Å². The molecular weight excluding hydrogens is 569 g/mol. The first-order valence-electron chi connectivity index (χ1n) is 14.7. The van der Waals surface area contributed by atoms with Gasteiger partial charge in [0.1, 0.15) is 24.6 Å². The van der Waals surface area contributed by atoms with Gasteiger partial charge in [-0.2, -0.15) is 10.2 Å². The average molecular weight is 604 g/mol. The Morgan fingerprint density at radius 3 is 2.57 bits per heavy atom. The van der Waals surface area contributed by atoms with Crippen molar-refractivity contribution in [2.45, 2.75) is 64.0 Å². The van der Waals surface area contributed by atoms with Gasteiger partial charge in [-0.25, -0.2) is 14.4 Å². The number of aromatic nitrogens is 6. The molecular formula is C30H34FN9O4. The Kier molecular flexibility index (Phi) is 8.08. The summed E-state index contributed by atoms with van der Waals surface area (Å²) in [6, 6.07) is 4.41. The normalized spacial score (nSPS) is 19.8. The van der Waals surface area contributed by atoms with Crippen LogP contribution in [0.4, 0.5) is 4.39 Å². The summed E-state index contributed by atoms with van der Waals surface area (Å²) in [6.07, 6.45) is 5.24. The van der Waals surface area contributed by atoms with Crippen LogP contribution in [0.15, 0.2) is 43.0 Å². The summed E-state index contributed by atoms with van der Waals surface area (Å²) in [6.45, 7) is 3.92. The fraction of sp³-hybridized carbons (Fsp3) is 0.433. The number of halogens is 1. The molecule has 0 radical (unpaired) electrons. The van der Waals surface area contributed by atoms with Crippen molar-refractivity contribution in [2.75, 3.05) is 19.6 Å². The molecule has 2 aliphatic heterocycles. The second-order valence-electron chi connectivity index (χ2n) is 11.4. The van der Waals surface area contributed by atoms with Gasteiger partial charge in [-0.1, -0.05) is 6.07 Å². The number of carbonyl (C=O) groups is 3. The van der Waals surface area contributed by atoms with Gasteiger partial charge in [-0.05, 0) is 44.4 Å². The number of likely N-dealkylation sites (tertiary alicyclic amines) is 2. The number of aromatic amines is 1. The number of amides is 3. The zero-order valence-corrected chi connectivity index (χ0v) is 24.5. The lowest BCUT2D eigenvalue weighted by atomic mass is 10.0. The molecule has 5 heterocycles. The molecule has 0 bridgehead atoms. The Morgan fingerprint density at radius 2 is 1.89 bits per heavy atom. The van der Waals surface area contributed by atoms with Gasteiger partial charge >= 0.3 is 0 Å². The van der Waals surface area contributed by atoms with Crippen molar-refractivity contribution in [3.05, 3.63) is 60.1 Å². The summed E-state index contributed by atoms with van der Waals surface area (Å²) < 4.78 is 16.1. The first-order chi connectivity index (χ1) is 21.2. The van der Waals surface area contributed by atoms with Crippen LogP contribution in [0, 0.1) is 6.92 Å². The zero-order chi connectivity index (χ0) is 31.0. The first-order valence-corrected chi connectivity index (χ1v) is 14.7. The minimum absolute atomic E-state index is 0.0871. The number of piperidine rings is 1. The summed E-state index contributed by atoms with van der Waals surface area (Å²) in [5, 5.41) is 25.1. The van der Waals surface area contributed by atoms with Crippen molar-refractivity contribution < 1.29 is 23.9 Å². The third-order valence-corrected chi connectivity index (χ3v) is 8.32. The van der Waals surface area contributed by atoms with Crippen LogP contribution in [0.1, 0.15) is 54.2 Å². The van der Waals surface area contributed by atoms with E-state index in [1.807, 2.05) is 18.2 Å². The third-order valence-electron chi connectivity index (χ3n) is 8.32. The second-order valence-corrected chi connectivity index (χ2v) is 11.4. The molecule has 0 aliphatic carbocycles. The number of aliphatic hydroxyl groups excluding tert-OH is 1. The number of hydrogen-bond acceptors (Lipinski definition) is 8. The largest absolute Gasteiger partial charge is 0.387 e. The molecule has 0 saturated carbocycles. The molecule has 13 nitrogen and oxygen atoms in total. The highest BCUT2D eigenvalue weighted by Crippen LogP contribution is 2.30. The molecule has 3 atom stereocenters. The smallest absolute Gasteiger partial charge is 0.257 e. The Bertz CT molecular complexity index is 1660. The number of nitrogens with one attached hydrogen (secondary N) is 2. The Morgan fingerprint density at radius 1 is 1.14 bits per heavy atom. The lowest BCUT2D eigenvalue weighted by Crippen LogP contribution is -2.52. The molecule has 14 heteroatoms. The van der Waals surface area contributed by atoms with Crippen molar-refractivity contribution in [2.24, 2.45) is 0 Å². The fourth-order valence-corrected chi connectivity index (χ4v) is 5.96. The van der Waals surface area contributed by atoms with Crippen molar-refractivity contribution in [1.82, 2.24) is 45.1 Å². The maximum Gasteiger partial charge on any atom is 0.257 e. The molecule has 3 aromatic heterocycles. The van der Waals surface area contributed by atoms with Crippen molar-refractivity contribution >= 4 is 28.6 Å². The Balaban J connectivity index is 1.14. The number of carbonyl (C=O) groups excluding carboxylic acids is 3. The van der Waals surface area contributed by atoms with Crippen LogP contribution in [0.25, 0.3) is 22.0 Å². The molecule has 230 valence electrons. The molecule has 0 spiro atoms.